The first-order valence-corrected chi connectivity index (χ1v) is 13.5. The maximum Gasteiger partial charge on any atom is 0.220 e. The van der Waals surface area contributed by atoms with Crippen molar-refractivity contribution in [3.05, 3.63) is 10.4 Å². The zero-order chi connectivity index (χ0) is 26.9. The Kier molecular flexibility index (Phi) is 22.5. The molecule has 6 N–H and O–H groups in total. The molecular weight excluding hydrogens is 462 g/mol. The number of nitrogens with zero attached hydrogens (tertiary/aromatic N) is 3. The van der Waals surface area contributed by atoms with Crippen LogP contribution < -0.4 is 22.1 Å². The fourth-order valence-electron chi connectivity index (χ4n) is 3.71. The highest BCUT2D eigenvalue weighted by molar-refractivity contribution is 5.92. The average molecular weight is 510 g/mol. The third kappa shape index (κ3) is 20.8. The number of nitrogens with two attached hydrogens (primary N) is 2. The highest BCUT2D eigenvalue weighted by atomic mass is 16.2. The van der Waals surface area contributed by atoms with E-state index in [4.69, 9.17) is 17.0 Å². The lowest BCUT2D eigenvalue weighted by Gasteiger charge is -2.17. The summed E-state index contributed by atoms with van der Waals surface area (Å²) in [7, 11) is 0. The Morgan fingerprint density at radius 1 is 0.722 bits per heavy atom. The molecule has 0 bridgehead atoms. The molecule has 1 atom stereocenters. The molecule has 0 aliphatic rings. The molecule has 0 aromatic rings. The van der Waals surface area contributed by atoms with Gasteiger partial charge < -0.3 is 22.1 Å². The Labute approximate surface area is 215 Å². The lowest BCUT2D eigenvalue weighted by molar-refractivity contribution is -0.130. The number of ketones is 2. The van der Waals surface area contributed by atoms with Crippen LogP contribution in [0.5, 0.6) is 0 Å². The second-order valence-corrected chi connectivity index (χ2v) is 9.08. The molecule has 36 heavy (non-hydrogen) atoms. The van der Waals surface area contributed by atoms with Gasteiger partial charge in [0, 0.05) is 50.1 Å². The minimum atomic E-state index is -0.811. The zero-order valence-electron chi connectivity index (χ0n) is 21.8. The van der Waals surface area contributed by atoms with Gasteiger partial charge in [0.1, 0.15) is 5.78 Å². The maximum atomic E-state index is 12.8. The van der Waals surface area contributed by atoms with E-state index < -0.39 is 6.04 Å². The zero-order valence-corrected chi connectivity index (χ0v) is 21.8. The van der Waals surface area contributed by atoms with Crippen molar-refractivity contribution in [3.8, 4) is 0 Å². The van der Waals surface area contributed by atoms with E-state index in [1.165, 1.54) is 0 Å². The normalized spacial score (nSPS) is 11.4. The van der Waals surface area contributed by atoms with Gasteiger partial charge in [0.15, 0.2) is 5.78 Å². The molecule has 0 aliphatic carbocycles. The van der Waals surface area contributed by atoms with Crippen LogP contribution >= 0.6 is 0 Å². The van der Waals surface area contributed by atoms with Crippen molar-refractivity contribution in [3.63, 3.8) is 0 Å². The molecule has 0 aromatic heterocycles. The lowest BCUT2D eigenvalue weighted by atomic mass is 9.98. The van der Waals surface area contributed by atoms with E-state index in [0.29, 0.717) is 32.5 Å². The number of nitrogens with one attached hydrogen (secondary N) is 2. The molecule has 206 valence electrons. The van der Waals surface area contributed by atoms with Crippen molar-refractivity contribution in [1.29, 1.82) is 0 Å². The van der Waals surface area contributed by atoms with Crippen LogP contribution in [0.25, 0.3) is 10.4 Å². The maximum absolute atomic E-state index is 12.8. The first-order chi connectivity index (χ1) is 17.4. The van der Waals surface area contributed by atoms with Gasteiger partial charge in [0.25, 0.3) is 0 Å². The average Bonchev–Trinajstić information content (AvgIpc) is 2.87. The number of hydrogen-bond donors (Lipinski definition) is 4. The van der Waals surface area contributed by atoms with Crippen LogP contribution in [0.15, 0.2) is 5.11 Å². The minimum Gasteiger partial charge on any atom is -0.356 e. The molecule has 0 aliphatic heterocycles. The van der Waals surface area contributed by atoms with Crippen LogP contribution in [0.1, 0.15) is 103 Å². The van der Waals surface area contributed by atoms with Crippen molar-refractivity contribution < 1.29 is 19.2 Å². The van der Waals surface area contributed by atoms with Gasteiger partial charge in [-0.1, -0.05) is 37.2 Å². The van der Waals surface area contributed by atoms with E-state index in [-0.39, 0.29) is 62.0 Å². The standard InChI is InChI=1S/C25H47N7O4/c26-17-7-3-1-2-6-11-21(33)13-14-22(31-25(36)12-10-20-30-32-28)23(34)15-16-24(35)29-19-9-5-4-8-18-27/h22H,1-20,26-27H2,(H,29,35)(H,31,36)/t22-/m1/s1. The van der Waals surface area contributed by atoms with Crippen LogP contribution in [-0.2, 0) is 19.2 Å². The molecule has 0 radical (unpaired) electrons. The summed E-state index contributed by atoms with van der Waals surface area (Å²) in [5.41, 5.74) is 19.3. The Bertz CT molecular complexity index is 681. The number of unbranched alkanes of at least 4 members (excludes halogenated alkanes) is 7. The van der Waals surface area contributed by atoms with Crippen molar-refractivity contribution in [1.82, 2.24) is 10.6 Å². The van der Waals surface area contributed by atoms with Gasteiger partial charge >= 0.3 is 0 Å². The van der Waals surface area contributed by atoms with Gasteiger partial charge in [0.05, 0.1) is 6.04 Å². The molecule has 0 saturated carbocycles. The Balaban J connectivity index is 4.55. The summed E-state index contributed by atoms with van der Waals surface area (Å²) in [6, 6.07) is -0.811. The summed E-state index contributed by atoms with van der Waals surface area (Å²) >= 11 is 0. The molecule has 0 fully saturated rings. The van der Waals surface area contributed by atoms with Gasteiger partial charge in [-0.25, -0.2) is 0 Å². The Morgan fingerprint density at radius 2 is 1.36 bits per heavy atom. The molecule has 0 spiro atoms. The number of hydrogen-bond acceptors (Lipinski definition) is 7. The largest absolute Gasteiger partial charge is 0.356 e. The molecule has 11 nitrogen and oxygen atoms in total. The predicted octanol–water partition coefficient (Wildman–Crippen LogP) is 3.19. The first kappa shape index (κ1) is 33.5. The second-order valence-electron chi connectivity index (χ2n) is 9.08. The minimum absolute atomic E-state index is 0.00197. The Morgan fingerprint density at radius 3 is 2.03 bits per heavy atom. The molecular formula is C25H47N7O4. The topological polar surface area (TPSA) is 193 Å². The Hall–Kier alpha value is -2.49. The third-order valence-electron chi connectivity index (χ3n) is 5.87. The summed E-state index contributed by atoms with van der Waals surface area (Å²) in [5.74, 6) is -0.731. The third-order valence-corrected chi connectivity index (χ3v) is 5.87. The number of amides is 2. The van der Waals surface area contributed by atoms with Crippen LogP contribution in [0.4, 0.5) is 0 Å². The van der Waals surface area contributed by atoms with Crippen LogP contribution in [-0.4, -0.2) is 55.6 Å². The summed E-state index contributed by atoms with van der Waals surface area (Å²) in [6.07, 6.45) is 10.1. The molecule has 0 saturated heterocycles. The van der Waals surface area contributed by atoms with E-state index in [1.807, 2.05) is 0 Å². The predicted molar refractivity (Wildman–Crippen MR) is 141 cm³/mol. The van der Waals surface area contributed by atoms with Gasteiger partial charge in [-0.15, -0.1) is 0 Å². The van der Waals surface area contributed by atoms with Gasteiger partial charge in [-0.2, -0.15) is 0 Å². The second kappa shape index (κ2) is 24.2. The molecule has 2 amide bonds. The van der Waals surface area contributed by atoms with Crippen molar-refractivity contribution in [2.75, 3.05) is 26.2 Å². The van der Waals surface area contributed by atoms with Crippen molar-refractivity contribution in [2.45, 2.75) is 109 Å². The van der Waals surface area contributed by atoms with E-state index >= 15 is 0 Å². The van der Waals surface area contributed by atoms with E-state index in [2.05, 4.69) is 20.7 Å². The quantitative estimate of drug-likeness (QED) is 0.0631. The number of azide groups is 1. The number of carbonyl (C=O) groups is 4. The monoisotopic (exact) mass is 509 g/mol. The van der Waals surface area contributed by atoms with Crippen LogP contribution in [0, 0.1) is 0 Å². The van der Waals surface area contributed by atoms with Gasteiger partial charge in [-0.3, -0.25) is 19.2 Å². The fraction of sp³-hybridized carbons (Fsp3) is 0.840. The van der Waals surface area contributed by atoms with Crippen molar-refractivity contribution in [2.24, 2.45) is 16.6 Å². The molecule has 11 heteroatoms. The van der Waals surface area contributed by atoms with Gasteiger partial charge in [-0.05, 0) is 57.1 Å². The summed E-state index contributed by atoms with van der Waals surface area (Å²) in [6.45, 7) is 2.10. The van der Waals surface area contributed by atoms with E-state index in [0.717, 1.165) is 57.8 Å². The molecule has 0 unspecified atom stereocenters. The smallest absolute Gasteiger partial charge is 0.220 e. The SMILES string of the molecule is [N-]=[N+]=NCCCC(=O)N[C@H](CCC(=O)CCCCCCCN)C(=O)CCC(=O)NCCCCCCN. The highest BCUT2D eigenvalue weighted by Gasteiger charge is 2.22. The first-order valence-electron chi connectivity index (χ1n) is 13.5. The number of carbonyl (C=O) groups excluding carboxylic acids is 4. The number of Topliss-reactive ketones (excluding diaryl/α,β-unsaturated/α-hetero) is 2. The van der Waals surface area contributed by atoms with Crippen LogP contribution in [0.2, 0.25) is 0 Å². The molecule has 0 rings (SSSR count). The highest BCUT2D eigenvalue weighted by Crippen LogP contribution is 2.11. The molecule has 0 heterocycles. The molecule has 0 aromatic carbocycles. The van der Waals surface area contributed by atoms with Gasteiger partial charge in [0.2, 0.25) is 11.8 Å². The van der Waals surface area contributed by atoms with E-state index in [9.17, 15) is 19.2 Å². The summed E-state index contributed by atoms with van der Waals surface area (Å²) < 4.78 is 0. The summed E-state index contributed by atoms with van der Waals surface area (Å²) in [5, 5.41) is 8.92. The fourth-order valence-corrected chi connectivity index (χ4v) is 3.71. The van der Waals surface area contributed by atoms with Crippen molar-refractivity contribution >= 4 is 23.4 Å². The summed E-state index contributed by atoms with van der Waals surface area (Å²) in [4.78, 5) is 52.1. The number of rotatable bonds is 25. The lowest BCUT2D eigenvalue weighted by Crippen LogP contribution is -2.41. The van der Waals surface area contributed by atoms with Crippen LogP contribution in [0.3, 0.4) is 0 Å². The van der Waals surface area contributed by atoms with E-state index in [1.54, 1.807) is 0 Å².